The average Bonchev–Trinajstić information content (AvgIpc) is 2.82. The second kappa shape index (κ2) is 9.57. The Morgan fingerprint density at radius 3 is 2.51 bits per heavy atom. The average molecular weight is 488 g/mol. The fraction of sp³-hybridized carbons (Fsp3) is 0.375. The number of nitrogens with one attached hydrogen (secondary N) is 3. The van der Waals surface area contributed by atoms with E-state index in [1.807, 2.05) is 0 Å². The van der Waals surface area contributed by atoms with Crippen molar-refractivity contribution < 1.29 is 18.0 Å². The van der Waals surface area contributed by atoms with Crippen molar-refractivity contribution in [3.8, 4) is 0 Å². The van der Waals surface area contributed by atoms with Crippen LogP contribution in [-0.2, 0) is 6.18 Å². The summed E-state index contributed by atoms with van der Waals surface area (Å²) in [7, 11) is 1.73. The number of piperazine rings is 1. The van der Waals surface area contributed by atoms with E-state index in [2.05, 4.69) is 25.9 Å². The lowest BCUT2D eigenvalue weighted by Crippen LogP contribution is -2.46. The molecule has 1 aliphatic heterocycles. The van der Waals surface area contributed by atoms with Crippen LogP contribution in [0.15, 0.2) is 30.3 Å². The van der Waals surface area contributed by atoms with Gasteiger partial charge < -0.3 is 26.6 Å². The first kappa shape index (κ1) is 24.5. The van der Waals surface area contributed by atoms with Crippen LogP contribution < -0.4 is 21.7 Å². The molecule has 2 heterocycles. The standard InChI is InChI=1S/C24H28F3N7O/c1-13(15-8-16(24(25,26)27)10-17(28)9-15)31-22-18-11-20(29-3)19(12-21(18)32-14(2)33-22)23(35)34-6-4-30-5-7-34/h8-13,29-30H,4-7,28H2,1-3H3,(H,31,32,33)/t13-/m1/s1. The number of rotatable bonds is 5. The van der Waals surface area contributed by atoms with Gasteiger partial charge in [-0.2, -0.15) is 13.2 Å². The second-order valence-electron chi connectivity index (χ2n) is 8.58. The van der Waals surface area contributed by atoms with Gasteiger partial charge in [0.15, 0.2) is 0 Å². The highest BCUT2D eigenvalue weighted by atomic mass is 19.4. The van der Waals surface area contributed by atoms with E-state index in [1.165, 1.54) is 6.07 Å². The minimum atomic E-state index is -4.50. The highest BCUT2D eigenvalue weighted by molar-refractivity contribution is 6.05. The zero-order valence-corrected chi connectivity index (χ0v) is 19.8. The van der Waals surface area contributed by atoms with E-state index in [0.717, 1.165) is 25.2 Å². The quantitative estimate of drug-likeness (QED) is 0.406. The van der Waals surface area contributed by atoms with Gasteiger partial charge in [0.25, 0.3) is 5.91 Å². The fourth-order valence-electron chi connectivity index (χ4n) is 4.20. The number of hydrogen-bond donors (Lipinski definition) is 4. The number of aromatic nitrogens is 2. The summed E-state index contributed by atoms with van der Waals surface area (Å²) in [6.07, 6.45) is -4.50. The molecule has 11 heteroatoms. The molecule has 0 spiro atoms. The molecular weight excluding hydrogens is 459 g/mol. The van der Waals surface area contributed by atoms with E-state index in [1.54, 1.807) is 37.9 Å². The van der Waals surface area contributed by atoms with Gasteiger partial charge in [0.1, 0.15) is 11.6 Å². The van der Waals surface area contributed by atoms with Crippen molar-refractivity contribution in [1.82, 2.24) is 20.2 Å². The molecule has 1 aliphatic rings. The highest BCUT2D eigenvalue weighted by Crippen LogP contribution is 2.34. The maximum absolute atomic E-state index is 13.3. The minimum Gasteiger partial charge on any atom is -0.399 e. The van der Waals surface area contributed by atoms with Gasteiger partial charge in [-0.15, -0.1) is 0 Å². The molecule has 0 saturated carbocycles. The van der Waals surface area contributed by atoms with Crippen molar-refractivity contribution in [2.45, 2.75) is 26.1 Å². The maximum Gasteiger partial charge on any atom is 0.416 e. The molecule has 1 atom stereocenters. The first-order chi connectivity index (χ1) is 16.6. The molecule has 35 heavy (non-hydrogen) atoms. The number of aryl methyl sites for hydroxylation is 1. The van der Waals surface area contributed by atoms with E-state index >= 15 is 0 Å². The number of carbonyl (C=O) groups excluding carboxylic acids is 1. The summed E-state index contributed by atoms with van der Waals surface area (Å²) in [6, 6.07) is 6.49. The normalized spacial score (nSPS) is 15.2. The van der Waals surface area contributed by atoms with Gasteiger partial charge in [-0.3, -0.25) is 4.79 Å². The van der Waals surface area contributed by atoms with Crippen molar-refractivity contribution in [1.29, 1.82) is 0 Å². The molecule has 0 aliphatic carbocycles. The largest absolute Gasteiger partial charge is 0.416 e. The predicted molar refractivity (Wildman–Crippen MR) is 130 cm³/mol. The van der Waals surface area contributed by atoms with Crippen LogP contribution in [0.2, 0.25) is 0 Å². The number of halogens is 3. The van der Waals surface area contributed by atoms with E-state index in [9.17, 15) is 18.0 Å². The van der Waals surface area contributed by atoms with Crippen molar-refractivity contribution >= 4 is 34.0 Å². The van der Waals surface area contributed by atoms with Crippen molar-refractivity contribution in [2.75, 3.05) is 49.6 Å². The van der Waals surface area contributed by atoms with Gasteiger partial charge in [0, 0.05) is 50.0 Å². The number of nitrogens with two attached hydrogens (primary N) is 1. The number of alkyl halides is 3. The van der Waals surface area contributed by atoms with Crippen LogP contribution in [0.5, 0.6) is 0 Å². The third-order valence-electron chi connectivity index (χ3n) is 6.01. The number of fused-ring (bicyclic) bond motifs is 1. The van der Waals surface area contributed by atoms with E-state index in [0.29, 0.717) is 52.4 Å². The molecule has 1 fully saturated rings. The van der Waals surface area contributed by atoms with Crippen molar-refractivity contribution in [2.24, 2.45) is 0 Å². The van der Waals surface area contributed by atoms with Crippen LogP contribution in [0.4, 0.5) is 30.4 Å². The van der Waals surface area contributed by atoms with Crippen LogP contribution in [0.1, 0.15) is 40.3 Å². The molecule has 186 valence electrons. The number of anilines is 3. The highest BCUT2D eigenvalue weighted by Gasteiger charge is 2.31. The van der Waals surface area contributed by atoms with E-state index in [-0.39, 0.29) is 11.6 Å². The molecule has 2 aromatic carbocycles. The first-order valence-corrected chi connectivity index (χ1v) is 11.3. The summed E-state index contributed by atoms with van der Waals surface area (Å²) in [6.45, 7) is 6.17. The Balaban J connectivity index is 1.72. The molecular formula is C24H28F3N7O. The zero-order chi connectivity index (χ0) is 25.3. The Hall–Kier alpha value is -3.60. The van der Waals surface area contributed by atoms with Gasteiger partial charge in [0.2, 0.25) is 0 Å². The molecule has 0 radical (unpaired) electrons. The van der Waals surface area contributed by atoms with Gasteiger partial charge in [0.05, 0.1) is 22.7 Å². The maximum atomic E-state index is 13.3. The number of nitrogens with zero attached hydrogens (tertiary/aromatic N) is 3. The third kappa shape index (κ3) is 5.24. The molecule has 0 bridgehead atoms. The van der Waals surface area contributed by atoms with Crippen LogP contribution in [0, 0.1) is 6.92 Å². The smallest absolute Gasteiger partial charge is 0.399 e. The van der Waals surface area contributed by atoms with Gasteiger partial charge in [-0.25, -0.2) is 9.97 Å². The van der Waals surface area contributed by atoms with Crippen LogP contribution in [-0.4, -0.2) is 54.0 Å². The molecule has 1 saturated heterocycles. The van der Waals surface area contributed by atoms with Gasteiger partial charge in [-0.1, -0.05) is 0 Å². The SMILES string of the molecule is CNc1cc2c(N[C@H](C)c3cc(N)cc(C(F)(F)F)c3)nc(C)nc2cc1C(=O)N1CCNCC1. The number of amides is 1. The number of nitrogen functional groups attached to an aromatic ring is 1. The summed E-state index contributed by atoms with van der Waals surface area (Å²) in [4.78, 5) is 24.0. The zero-order valence-electron chi connectivity index (χ0n) is 19.8. The molecule has 1 aromatic heterocycles. The molecule has 0 unspecified atom stereocenters. The summed E-state index contributed by atoms with van der Waals surface area (Å²) in [5, 5.41) is 10.2. The molecule has 1 amide bonds. The van der Waals surface area contributed by atoms with Gasteiger partial charge >= 0.3 is 6.18 Å². The van der Waals surface area contributed by atoms with E-state index in [4.69, 9.17) is 5.73 Å². The molecule has 8 nitrogen and oxygen atoms in total. The van der Waals surface area contributed by atoms with Crippen molar-refractivity contribution in [3.05, 3.63) is 52.8 Å². The van der Waals surface area contributed by atoms with Crippen LogP contribution in [0.25, 0.3) is 10.9 Å². The van der Waals surface area contributed by atoms with E-state index < -0.39 is 17.8 Å². The van der Waals surface area contributed by atoms with Crippen LogP contribution in [0.3, 0.4) is 0 Å². The fourth-order valence-corrected chi connectivity index (χ4v) is 4.20. The predicted octanol–water partition coefficient (Wildman–Crippen LogP) is 3.80. The van der Waals surface area contributed by atoms with Gasteiger partial charge in [-0.05, 0) is 49.7 Å². The Bertz CT molecular complexity index is 1260. The Labute approximate surface area is 201 Å². The number of carbonyl (C=O) groups is 1. The molecule has 5 N–H and O–H groups in total. The molecule has 4 rings (SSSR count). The number of hydrogen-bond acceptors (Lipinski definition) is 7. The molecule has 3 aromatic rings. The summed E-state index contributed by atoms with van der Waals surface area (Å²) in [5.41, 5.74) is 7.03. The summed E-state index contributed by atoms with van der Waals surface area (Å²) >= 11 is 0. The Kier molecular flexibility index (Phi) is 6.70. The monoisotopic (exact) mass is 487 g/mol. The lowest BCUT2D eigenvalue weighted by molar-refractivity contribution is -0.137. The lowest BCUT2D eigenvalue weighted by atomic mass is 10.0. The number of benzene rings is 2. The van der Waals surface area contributed by atoms with Crippen LogP contribution >= 0.6 is 0 Å². The summed E-state index contributed by atoms with van der Waals surface area (Å²) < 4.78 is 39.8. The topological polar surface area (TPSA) is 108 Å². The summed E-state index contributed by atoms with van der Waals surface area (Å²) in [5.74, 6) is 0.832. The van der Waals surface area contributed by atoms with Crippen molar-refractivity contribution in [3.63, 3.8) is 0 Å². The minimum absolute atomic E-state index is 0.0285. The second-order valence-corrected chi connectivity index (χ2v) is 8.58. The third-order valence-corrected chi connectivity index (χ3v) is 6.01. The Morgan fingerprint density at radius 1 is 1.14 bits per heavy atom. The Morgan fingerprint density at radius 2 is 1.86 bits per heavy atom. The lowest BCUT2D eigenvalue weighted by Gasteiger charge is -2.28. The first-order valence-electron chi connectivity index (χ1n) is 11.3.